The number of sulfone groups is 2. The normalized spacial score (nSPS) is 13.2. The van der Waals surface area contributed by atoms with Gasteiger partial charge in [0, 0.05) is 29.7 Å². The van der Waals surface area contributed by atoms with E-state index in [1.54, 1.807) is 24.3 Å². The van der Waals surface area contributed by atoms with E-state index < -0.39 is 42.7 Å². The number of carbonyl (C=O) groups is 3. The number of carboxylic acids is 1. The van der Waals surface area contributed by atoms with Crippen LogP contribution in [0, 0.1) is 0 Å². The first-order valence-corrected chi connectivity index (χ1v) is 20.1. The van der Waals surface area contributed by atoms with Crippen molar-refractivity contribution in [1.29, 1.82) is 0 Å². The molecule has 268 valence electrons. The zero-order valence-electron chi connectivity index (χ0n) is 28.2. The Balaban J connectivity index is 1.63. The number of rotatable bonds is 16. The molecule has 0 aromatic heterocycles. The maximum Gasteiger partial charge on any atom is 0.326 e. The van der Waals surface area contributed by atoms with Crippen molar-refractivity contribution in [3.8, 4) is 5.75 Å². The number of nitrogens with one attached hydrogen (secondary N) is 2. The van der Waals surface area contributed by atoms with Crippen molar-refractivity contribution in [1.82, 2.24) is 5.32 Å². The number of aliphatic carboxylic acids is 1. The number of carboxylic acid groups (broad SMARTS) is 1. The Morgan fingerprint density at radius 1 is 0.940 bits per heavy atom. The lowest BCUT2D eigenvalue weighted by Gasteiger charge is -2.24. The Labute approximate surface area is 293 Å². The molecular formula is C36H43N3O9S2. The summed E-state index contributed by atoms with van der Waals surface area (Å²) in [5.41, 5.74) is 3.99. The van der Waals surface area contributed by atoms with Gasteiger partial charge in [-0.2, -0.15) is 0 Å². The molecule has 0 spiro atoms. The van der Waals surface area contributed by atoms with E-state index in [2.05, 4.69) is 16.7 Å². The maximum absolute atomic E-state index is 14.0. The fraction of sp³-hybridized carbons (Fsp3) is 0.361. The molecule has 3 amide bonds. The average Bonchev–Trinajstić information content (AvgIpc) is 3.07. The highest BCUT2D eigenvalue weighted by Crippen LogP contribution is 2.31. The molecule has 0 unspecified atom stereocenters. The molecular weight excluding hydrogens is 683 g/mol. The van der Waals surface area contributed by atoms with Crippen molar-refractivity contribution in [3.63, 3.8) is 0 Å². The third kappa shape index (κ3) is 11.2. The first kappa shape index (κ1) is 38.1. The van der Waals surface area contributed by atoms with Crippen molar-refractivity contribution in [2.24, 2.45) is 0 Å². The lowest BCUT2D eigenvalue weighted by molar-refractivity contribution is -0.136. The Morgan fingerprint density at radius 3 is 2.28 bits per heavy atom. The Hall–Kier alpha value is -4.69. The molecule has 14 heteroatoms. The molecule has 50 heavy (non-hydrogen) atoms. The van der Waals surface area contributed by atoms with Crippen molar-refractivity contribution in [2.75, 3.05) is 34.7 Å². The van der Waals surface area contributed by atoms with Gasteiger partial charge in [-0.1, -0.05) is 43.7 Å². The van der Waals surface area contributed by atoms with Crippen LogP contribution in [-0.2, 0) is 31.0 Å². The molecule has 0 heterocycles. The third-order valence-electron chi connectivity index (χ3n) is 7.92. The molecule has 0 atom stereocenters. The molecule has 0 radical (unpaired) electrons. The summed E-state index contributed by atoms with van der Waals surface area (Å²) >= 11 is 0. The van der Waals surface area contributed by atoms with E-state index in [1.165, 1.54) is 28.7 Å². The summed E-state index contributed by atoms with van der Waals surface area (Å²) in [5.74, 6) is -1.45. The molecule has 3 N–H and O–H groups in total. The predicted octanol–water partition coefficient (Wildman–Crippen LogP) is 6.04. The lowest BCUT2D eigenvalue weighted by Crippen LogP contribution is -2.34. The second-order valence-electron chi connectivity index (χ2n) is 12.2. The molecule has 0 fully saturated rings. The van der Waals surface area contributed by atoms with Gasteiger partial charge in [0.25, 0.3) is 5.91 Å². The summed E-state index contributed by atoms with van der Waals surface area (Å²) in [5, 5.41) is 13.0. The van der Waals surface area contributed by atoms with Crippen molar-refractivity contribution in [2.45, 2.75) is 63.3 Å². The fourth-order valence-electron chi connectivity index (χ4n) is 5.38. The van der Waals surface area contributed by atoms with Crippen LogP contribution in [-0.4, -0.2) is 64.3 Å². The van der Waals surface area contributed by atoms with Gasteiger partial charge in [0.05, 0.1) is 19.6 Å². The van der Waals surface area contributed by atoms with Gasteiger partial charge in [-0.3, -0.25) is 14.5 Å². The van der Waals surface area contributed by atoms with Gasteiger partial charge in [0.2, 0.25) is 0 Å². The molecule has 12 nitrogen and oxygen atoms in total. The third-order valence-corrected chi connectivity index (χ3v) is 11.9. The standard InChI is InChI=1S/C36H43N3O9S2/c1-3-4-22-48-32-19-16-30(23-33(32)50(46,47)25-49(2,44)45)38-36(43)39(31-17-14-28(15-18-31)27-8-6-5-7-9-27)24-26-10-12-29(13-11-26)35(42)37-21-20-34(40)41/h8,10-19,23H,3-7,9,20-22,24-25H2,1-2H3,(H,37,42)(H,38,43)(H,40,41). The first-order chi connectivity index (χ1) is 23.8. The number of ether oxygens (including phenoxy) is 1. The lowest BCUT2D eigenvalue weighted by atomic mass is 9.93. The number of urea groups is 1. The summed E-state index contributed by atoms with van der Waals surface area (Å²) in [7, 11) is -8.26. The van der Waals surface area contributed by atoms with Crippen LogP contribution in [0.3, 0.4) is 0 Å². The van der Waals surface area contributed by atoms with Crippen LogP contribution in [0.2, 0.25) is 0 Å². The van der Waals surface area contributed by atoms with E-state index >= 15 is 0 Å². The number of hydrogen-bond acceptors (Lipinski definition) is 8. The minimum Gasteiger partial charge on any atom is -0.492 e. The monoisotopic (exact) mass is 725 g/mol. The summed E-state index contributed by atoms with van der Waals surface area (Å²) in [6.45, 7) is 2.24. The minimum absolute atomic E-state index is 0.00310. The van der Waals surface area contributed by atoms with Gasteiger partial charge < -0.3 is 20.5 Å². The topological polar surface area (TPSA) is 176 Å². The van der Waals surface area contributed by atoms with E-state index in [1.807, 2.05) is 31.2 Å². The molecule has 1 aliphatic rings. The zero-order chi connectivity index (χ0) is 36.3. The first-order valence-electron chi connectivity index (χ1n) is 16.4. The van der Waals surface area contributed by atoms with Crippen LogP contribution in [0.15, 0.2) is 77.7 Å². The van der Waals surface area contributed by atoms with Crippen molar-refractivity contribution < 1.29 is 41.1 Å². The van der Waals surface area contributed by atoms with Gasteiger partial charge in [-0.05, 0) is 91.3 Å². The van der Waals surface area contributed by atoms with E-state index in [0.717, 1.165) is 43.9 Å². The van der Waals surface area contributed by atoms with Crippen LogP contribution in [0.4, 0.5) is 16.2 Å². The van der Waals surface area contributed by atoms with Crippen LogP contribution in [0.5, 0.6) is 5.75 Å². The van der Waals surface area contributed by atoms with Crippen LogP contribution >= 0.6 is 0 Å². The molecule has 0 saturated carbocycles. The smallest absolute Gasteiger partial charge is 0.326 e. The molecule has 3 aromatic carbocycles. The SMILES string of the molecule is CCCCOc1ccc(NC(=O)N(Cc2ccc(C(=O)NCCC(=O)O)cc2)c2ccc(C3=CCCCC3)cc2)cc1S(=O)(=O)CS(C)(=O)=O. The molecule has 3 aromatic rings. The average molecular weight is 726 g/mol. The summed E-state index contributed by atoms with van der Waals surface area (Å²) in [4.78, 5) is 38.3. The second-order valence-corrected chi connectivity index (χ2v) is 16.6. The highest BCUT2D eigenvalue weighted by molar-refractivity contribution is 8.07. The molecule has 4 rings (SSSR count). The molecule has 0 aliphatic heterocycles. The fourth-order valence-corrected chi connectivity index (χ4v) is 8.88. The van der Waals surface area contributed by atoms with Crippen molar-refractivity contribution >= 4 is 54.5 Å². The van der Waals surface area contributed by atoms with Gasteiger partial charge >= 0.3 is 12.0 Å². The Kier molecular flexibility index (Phi) is 13.2. The van der Waals surface area contributed by atoms with Gasteiger partial charge in [-0.25, -0.2) is 21.6 Å². The quantitative estimate of drug-likeness (QED) is 0.149. The van der Waals surface area contributed by atoms with Crippen LogP contribution in [0.25, 0.3) is 5.57 Å². The second kappa shape index (κ2) is 17.3. The Morgan fingerprint density at radius 2 is 1.66 bits per heavy atom. The van der Waals surface area contributed by atoms with Crippen LogP contribution < -0.4 is 20.3 Å². The summed E-state index contributed by atoms with van der Waals surface area (Å²) < 4.78 is 56.1. The van der Waals surface area contributed by atoms with E-state index in [-0.39, 0.29) is 42.4 Å². The number of benzene rings is 3. The molecule has 0 saturated heterocycles. The maximum atomic E-state index is 14.0. The zero-order valence-corrected chi connectivity index (χ0v) is 29.8. The van der Waals surface area contributed by atoms with Crippen LogP contribution in [0.1, 0.15) is 73.4 Å². The number of unbranched alkanes of at least 4 members (excludes halogenated alkanes) is 1. The van der Waals surface area contributed by atoms with Gasteiger partial charge in [0.15, 0.2) is 24.8 Å². The highest BCUT2D eigenvalue weighted by atomic mass is 32.3. The van der Waals surface area contributed by atoms with Gasteiger partial charge in [-0.15, -0.1) is 0 Å². The number of hydrogen-bond donors (Lipinski definition) is 3. The number of amides is 3. The number of allylic oxidation sites excluding steroid dienone is 2. The summed E-state index contributed by atoms with van der Waals surface area (Å²) in [6, 6.07) is 17.6. The molecule has 0 bridgehead atoms. The number of carbonyl (C=O) groups excluding carboxylic acids is 2. The van der Waals surface area contributed by atoms with E-state index in [4.69, 9.17) is 9.84 Å². The number of anilines is 2. The minimum atomic E-state index is -4.35. The van der Waals surface area contributed by atoms with Crippen molar-refractivity contribution in [3.05, 3.63) is 89.5 Å². The highest BCUT2D eigenvalue weighted by Gasteiger charge is 2.26. The molecule has 1 aliphatic carbocycles. The Bertz CT molecular complexity index is 1920. The van der Waals surface area contributed by atoms with E-state index in [0.29, 0.717) is 23.2 Å². The summed E-state index contributed by atoms with van der Waals surface area (Å²) in [6.07, 6.45) is 8.58. The predicted molar refractivity (Wildman–Crippen MR) is 193 cm³/mol. The largest absolute Gasteiger partial charge is 0.492 e. The van der Waals surface area contributed by atoms with Gasteiger partial charge in [0.1, 0.15) is 10.6 Å². The number of nitrogens with zero attached hydrogens (tertiary/aromatic N) is 1. The van der Waals surface area contributed by atoms with E-state index in [9.17, 15) is 31.2 Å².